The average Bonchev–Trinajstić information content (AvgIpc) is 3.49. The molecule has 4 rings (SSSR count). The molecule has 14 nitrogen and oxygen atoms in total. The number of benzene rings is 1. The van der Waals surface area contributed by atoms with Gasteiger partial charge in [-0.2, -0.15) is 10.2 Å². The monoisotopic (exact) mass is 580 g/mol. The number of phosphoric acid groups is 1. The summed E-state index contributed by atoms with van der Waals surface area (Å²) in [4.78, 5) is 35.5. The molecule has 0 bridgehead atoms. The van der Waals surface area contributed by atoms with E-state index in [2.05, 4.69) is 20.3 Å². The number of hydrogen-bond acceptors (Lipinski definition) is 11. The van der Waals surface area contributed by atoms with Gasteiger partial charge in [0.2, 0.25) is 11.9 Å². The molecule has 208 valence electrons. The van der Waals surface area contributed by atoms with E-state index < -0.39 is 38.4 Å². The zero-order valence-electron chi connectivity index (χ0n) is 20.9. The van der Waals surface area contributed by atoms with Crippen LogP contribution in [0.1, 0.15) is 32.9 Å². The van der Waals surface area contributed by atoms with Crippen LogP contribution in [0.2, 0.25) is 5.02 Å². The molecule has 1 saturated heterocycles. The van der Waals surface area contributed by atoms with Crippen molar-refractivity contribution in [2.75, 3.05) is 18.5 Å². The standard InChI is InChI=1S/C23H26ClN6O8P/c1-13(2)21(32)28-23-27-20-19(22(33)29-23)26-12-30(20)18-10-16(17(11-31)36-18)38-39(34,35-9-5-8-25)37-15-7-4-3-6-14(15)24/h3-4,6-7,12-13,16-18,31H,5,9-11H2,1-2H3,(H2,27,28,29,32,33)/t16-,17+,18+,39?/m0/s1. The number of carbonyl (C=O) groups is 1. The Morgan fingerprint density at radius 1 is 1.44 bits per heavy atom. The highest BCUT2D eigenvalue weighted by molar-refractivity contribution is 7.49. The van der Waals surface area contributed by atoms with E-state index in [1.165, 1.54) is 23.0 Å². The molecule has 1 unspecified atom stereocenters. The number of imidazole rings is 1. The fourth-order valence-electron chi connectivity index (χ4n) is 3.69. The van der Waals surface area contributed by atoms with Gasteiger partial charge in [-0.1, -0.05) is 37.6 Å². The Morgan fingerprint density at radius 3 is 2.90 bits per heavy atom. The van der Waals surface area contributed by atoms with Crippen LogP contribution in [0.3, 0.4) is 0 Å². The SMILES string of the molecule is CC(C)C(=O)Nc1nc2c(ncn2[C@H]2C[C@H](OP(=O)(OCCC#N)Oc3ccccc3Cl)[C@@H](CO)O2)c(=O)[nH]1. The highest BCUT2D eigenvalue weighted by atomic mass is 35.5. The number of nitrogens with zero attached hydrogens (tertiary/aromatic N) is 4. The van der Waals surface area contributed by atoms with Crippen LogP contribution in [0.4, 0.5) is 5.95 Å². The number of rotatable bonds is 11. The molecule has 1 amide bonds. The first-order chi connectivity index (χ1) is 18.6. The minimum Gasteiger partial charge on any atom is -0.402 e. The van der Waals surface area contributed by atoms with Crippen molar-refractivity contribution in [2.24, 2.45) is 5.92 Å². The van der Waals surface area contributed by atoms with Crippen LogP contribution in [-0.4, -0.2) is 56.0 Å². The Kier molecular flexibility index (Phi) is 9.01. The van der Waals surface area contributed by atoms with E-state index in [0.29, 0.717) is 0 Å². The van der Waals surface area contributed by atoms with Gasteiger partial charge in [0.15, 0.2) is 11.2 Å². The topological polar surface area (TPSA) is 191 Å². The molecule has 39 heavy (non-hydrogen) atoms. The van der Waals surface area contributed by atoms with Crippen molar-refractivity contribution in [2.45, 2.75) is 45.1 Å². The number of H-pyrrole nitrogens is 1. The van der Waals surface area contributed by atoms with Gasteiger partial charge >= 0.3 is 7.82 Å². The second-order valence-corrected chi connectivity index (χ2v) is 10.7. The molecule has 0 radical (unpaired) electrons. The lowest BCUT2D eigenvalue weighted by Crippen LogP contribution is -2.28. The summed E-state index contributed by atoms with van der Waals surface area (Å²) in [6.45, 7) is 2.62. The summed E-state index contributed by atoms with van der Waals surface area (Å²) < 4.78 is 37.6. The van der Waals surface area contributed by atoms with E-state index in [4.69, 9.17) is 35.2 Å². The Balaban J connectivity index is 1.60. The number of nitriles is 1. The largest absolute Gasteiger partial charge is 0.530 e. The van der Waals surface area contributed by atoms with Crippen LogP contribution in [0.15, 0.2) is 35.4 Å². The number of amides is 1. The van der Waals surface area contributed by atoms with Gasteiger partial charge in [-0.05, 0) is 12.1 Å². The zero-order chi connectivity index (χ0) is 28.2. The minimum atomic E-state index is -4.36. The molecule has 0 aliphatic carbocycles. The van der Waals surface area contributed by atoms with E-state index in [9.17, 15) is 19.3 Å². The number of aliphatic hydroxyl groups is 1. The van der Waals surface area contributed by atoms with Gasteiger partial charge < -0.3 is 14.4 Å². The highest BCUT2D eigenvalue weighted by Gasteiger charge is 2.44. The predicted octanol–water partition coefficient (Wildman–Crippen LogP) is 3.15. The molecule has 0 saturated carbocycles. The lowest BCUT2D eigenvalue weighted by Gasteiger charge is -2.23. The van der Waals surface area contributed by atoms with Crippen LogP contribution in [0.25, 0.3) is 11.2 Å². The maximum Gasteiger partial charge on any atom is 0.530 e. The molecule has 3 N–H and O–H groups in total. The maximum absolute atomic E-state index is 13.6. The fraction of sp³-hybridized carbons (Fsp3) is 0.435. The minimum absolute atomic E-state index is 0.00127. The van der Waals surface area contributed by atoms with Crippen LogP contribution in [-0.2, 0) is 23.1 Å². The van der Waals surface area contributed by atoms with Crippen LogP contribution in [0.5, 0.6) is 5.75 Å². The van der Waals surface area contributed by atoms with Gasteiger partial charge in [0.1, 0.15) is 24.2 Å². The molecule has 1 aliphatic rings. The van der Waals surface area contributed by atoms with E-state index in [1.807, 2.05) is 6.07 Å². The second-order valence-electron chi connectivity index (χ2n) is 8.78. The van der Waals surface area contributed by atoms with Gasteiger partial charge in [-0.15, -0.1) is 0 Å². The first kappa shape index (κ1) is 28.7. The van der Waals surface area contributed by atoms with Gasteiger partial charge in [0.05, 0.1) is 37.1 Å². The van der Waals surface area contributed by atoms with Crippen molar-refractivity contribution in [3.05, 3.63) is 46.0 Å². The Bertz CT molecular complexity index is 1490. The summed E-state index contributed by atoms with van der Waals surface area (Å²) in [6.07, 6.45) is -1.56. The van der Waals surface area contributed by atoms with E-state index in [0.717, 1.165) is 0 Å². The Hall–Kier alpha value is -3.31. The first-order valence-corrected chi connectivity index (χ1v) is 13.8. The molecule has 16 heteroatoms. The molecule has 1 aromatic carbocycles. The Labute approximate surface area is 227 Å². The summed E-state index contributed by atoms with van der Waals surface area (Å²) >= 11 is 6.14. The van der Waals surface area contributed by atoms with Crippen molar-refractivity contribution in [1.29, 1.82) is 5.26 Å². The van der Waals surface area contributed by atoms with E-state index >= 15 is 0 Å². The lowest BCUT2D eigenvalue weighted by atomic mass is 10.2. The number of nitrogens with one attached hydrogen (secondary N) is 2. The van der Waals surface area contributed by atoms with Gasteiger partial charge in [0.25, 0.3) is 5.56 Å². The average molecular weight is 581 g/mol. The van der Waals surface area contributed by atoms with Crippen molar-refractivity contribution < 1.29 is 32.8 Å². The molecule has 0 spiro atoms. The third-order valence-electron chi connectivity index (χ3n) is 5.64. The predicted molar refractivity (Wildman–Crippen MR) is 138 cm³/mol. The molecule has 1 fully saturated rings. The number of phosphoric ester groups is 1. The number of ether oxygens (including phenoxy) is 1. The number of halogens is 1. The lowest BCUT2D eigenvalue weighted by molar-refractivity contribution is -0.118. The summed E-state index contributed by atoms with van der Waals surface area (Å²) in [5, 5.41) is 21.5. The number of hydrogen-bond donors (Lipinski definition) is 3. The van der Waals surface area contributed by atoms with Crippen molar-refractivity contribution in [3.8, 4) is 11.8 Å². The number of para-hydroxylation sites is 1. The number of aromatic nitrogens is 4. The van der Waals surface area contributed by atoms with Crippen molar-refractivity contribution >= 4 is 42.4 Å². The number of aliphatic hydroxyl groups excluding tert-OH is 1. The normalized spacial score (nSPS) is 20.6. The van der Waals surface area contributed by atoms with Crippen LogP contribution >= 0.6 is 19.4 Å². The number of aromatic amines is 1. The van der Waals surface area contributed by atoms with Gasteiger partial charge in [-0.3, -0.25) is 33.5 Å². The molecule has 1 aliphatic heterocycles. The quantitative estimate of drug-likeness (QED) is 0.223. The molecule has 3 heterocycles. The van der Waals surface area contributed by atoms with Gasteiger partial charge in [0, 0.05) is 12.3 Å². The fourth-order valence-corrected chi connectivity index (χ4v) is 5.34. The van der Waals surface area contributed by atoms with Crippen molar-refractivity contribution in [3.63, 3.8) is 0 Å². The molecule has 2 aromatic heterocycles. The van der Waals surface area contributed by atoms with E-state index in [1.54, 1.807) is 26.0 Å². The summed E-state index contributed by atoms with van der Waals surface area (Å²) in [5.41, 5.74) is -0.467. The summed E-state index contributed by atoms with van der Waals surface area (Å²) in [7, 11) is -4.36. The Morgan fingerprint density at radius 2 is 2.21 bits per heavy atom. The van der Waals surface area contributed by atoms with E-state index in [-0.39, 0.29) is 59.2 Å². The van der Waals surface area contributed by atoms with Crippen LogP contribution < -0.4 is 15.4 Å². The summed E-state index contributed by atoms with van der Waals surface area (Å²) in [6, 6.07) is 8.15. The highest BCUT2D eigenvalue weighted by Crippen LogP contribution is 2.54. The van der Waals surface area contributed by atoms with Gasteiger partial charge in [-0.25, -0.2) is 9.55 Å². The third kappa shape index (κ3) is 6.65. The number of anilines is 1. The molecule has 4 atom stereocenters. The number of carbonyl (C=O) groups excluding carboxylic acids is 1. The molecule has 3 aromatic rings. The first-order valence-electron chi connectivity index (χ1n) is 11.9. The zero-order valence-corrected chi connectivity index (χ0v) is 22.6. The molecular formula is C23H26ClN6O8P. The second kappa shape index (κ2) is 12.3. The van der Waals surface area contributed by atoms with Crippen LogP contribution in [0, 0.1) is 17.2 Å². The summed E-state index contributed by atoms with van der Waals surface area (Å²) in [5.74, 6) is -0.729. The maximum atomic E-state index is 13.6. The van der Waals surface area contributed by atoms with Crippen molar-refractivity contribution in [1.82, 2.24) is 19.5 Å². The molecular weight excluding hydrogens is 555 g/mol. The number of fused-ring (bicyclic) bond motifs is 1. The third-order valence-corrected chi connectivity index (χ3v) is 7.40. The smallest absolute Gasteiger partial charge is 0.402 e.